The maximum atomic E-state index is 12.0. The van der Waals surface area contributed by atoms with Gasteiger partial charge in [0.2, 0.25) is 5.88 Å². The molecule has 0 aromatic carbocycles. The minimum atomic E-state index is -0.391. The van der Waals surface area contributed by atoms with Crippen molar-refractivity contribution in [3.05, 3.63) is 34.8 Å². The molecule has 0 spiro atoms. The van der Waals surface area contributed by atoms with Crippen LogP contribution in [0, 0.1) is 0 Å². The molecule has 0 unspecified atom stereocenters. The van der Waals surface area contributed by atoms with E-state index in [2.05, 4.69) is 20.5 Å². The van der Waals surface area contributed by atoms with Crippen molar-refractivity contribution >= 4 is 0 Å². The average molecular weight is 292 g/mol. The van der Waals surface area contributed by atoms with Crippen molar-refractivity contribution in [2.75, 3.05) is 0 Å². The van der Waals surface area contributed by atoms with E-state index in [4.69, 9.17) is 6.15 Å². The highest BCUT2D eigenvalue weighted by molar-refractivity contribution is 5.27. The molecule has 0 saturated carbocycles. The highest BCUT2D eigenvalue weighted by atomic mass is 16.5. The van der Waals surface area contributed by atoms with E-state index in [1.54, 1.807) is 12.4 Å². The molecule has 0 saturated heterocycles. The molecule has 3 aromatic heterocycles. The zero-order valence-electron chi connectivity index (χ0n) is 12.5. The Balaban J connectivity index is 1.93. The molecule has 0 amide bonds. The lowest BCUT2D eigenvalue weighted by Crippen LogP contribution is -2.23. The van der Waals surface area contributed by atoms with Crippen LogP contribution < -0.4 is 10.4 Å². The summed E-state index contributed by atoms with van der Waals surface area (Å²) in [6, 6.07) is 1.58. The Kier molecular flexibility index (Phi) is 2.96. The zero-order valence-corrected chi connectivity index (χ0v) is 11.5. The van der Waals surface area contributed by atoms with Gasteiger partial charge in [-0.2, -0.15) is 4.68 Å². The van der Waals surface area contributed by atoms with Crippen LogP contribution in [-0.2, 0) is 20.2 Å². The highest BCUT2D eigenvalue weighted by Crippen LogP contribution is 2.14. The number of tetrazole rings is 1. The fourth-order valence-electron chi connectivity index (χ4n) is 1.88. The van der Waals surface area contributed by atoms with E-state index in [1.165, 1.54) is 13.2 Å². The van der Waals surface area contributed by atoms with Crippen LogP contribution in [-0.4, -0.2) is 39.5 Å². The summed E-state index contributed by atoms with van der Waals surface area (Å²) in [7, 11) is 1.51. The Morgan fingerprint density at radius 3 is 2.95 bits per heavy atom. The van der Waals surface area contributed by atoms with Gasteiger partial charge in [-0.15, -0.1) is 9.78 Å². The number of H-pyrrole nitrogens is 1. The molecular weight excluding hydrogens is 276 g/mol. The van der Waals surface area contributed by atoms with E-state index < -0.39 is 5.69 Å². The number of nitrogens with zero attached hydrogens (tertiary/aromatic N) is 7. The van der Waals surface area contributed by atoms with Crippen molar-refractivity contribution in [2.24, 2.45) is 7.05 Å². The molecule has 0 bridgehead atoms. The number of aromatic amines is 1. The van der Waals surface area contributed by atoms with Gasteiger partial charge >= 0.3 is 5.69 Å². The van der Waals surface area contributed by atoms with E-state index in [9.17, 15) is 4.79 Å². The lowest BCUT2D eigenvalue weighted by molar-refractivity contribution is 0.282. The summed E-state index contributed by atoms with van der Waals surface area (Å²) in [6.07, 6.45) is 3.07. The predicted molar refractivity (Wildman–Crippen MR) is 71.0 cm³/mol. The molecule has 10 nitrogen and oxygen atoms in total. The topological polar surface area (TPSA) is 108 Å². The number of rotatable bonds is 5. The van der Waals surface area contributed by atoms with Gasteiger partial charge in [0.05, 0.1) is 6.33 Å². The number of nitrogens with one attached hydrogen (secondary N) is 1. The number of imidazole rings is 1. The van der Waals surface area contributed by atoms with Gasteiger partial charge in [0, 0.05) is 25.9 Å². The molecule has 1 N–H and O–H groups in total. The summed E-state index contributed by atoms with van der Waals surface area (Å²) in [5.74, 6) is 0.682. The van der Waals surface area contributed by atoms with Crippen molar-refractivity contribution in [2.45, 2.75) is 20.1 Å². The van der Waals surface area contributed by atoms with Crippen LogP contribution in [0.2, 0.25) is 1.41 Å². The first-order valence-electron chi connectivity index (χ1n) is 6.76. The van der Waals surface area contributed by atoms with Crippen LogP contribution in [0.25, 0.3) is 5.82 Å². The standard InChI is InChI=1S/C11H14N8O2/c1-3-18-7-12-10(19-11(20)17(2)15-16-19)8(18)6-21-9-4-5-13-14-9/h4-5,7H,3,6H2,1-2H3,(H,13,14)/i/hT. The molecule has 3 aromatic rings. The molecule has 0 atom stereocenters. The smallest absolute Gasteiger partial charge is 0.369 e. The van der Waals surface area contributed by atoms with Crippen LogP contribution >= 0.6 is 0 Å². The maximum absolute atomic E-state index is 12.0. The van der Waals surface area contributed by atoms with E-state index in [0.717, 1.165) is 14.5 Å². The first-order valence-corrected chi connectivity index (χ1v) is 6.31. The number of hydrogen-bond acceptors (Lipinski definition) is 6. The molecule has 0 radical (unpaired) electrons. The van der Waals surface area contributed by atoms with Gasteiger partial charge < -0.3 is 9.30 Å². The molecule has 0 aliphatic rings. The van der Waals surface area contributed by atoms with Gasteiger partial charge in [0.25, 0.3) is 0 Å². The first-order chi connectivity index (χ1) is 10.6. The molecule has 0 aliphatic carbocycles. The minimum Gasteiger partial charge on any atom is -0.470 e. The predicted octanol–water partition coefficient (Wildman–Crippen LogP) is -0.516. The van der Waals surface area contributed by atoms with E-state index in [-0.39, 0.29) is 6.61 Å². The van der Waals surface area contributed by atoms with E-state index >= 15 is 0 Å². The fraction of sp³-hybridized carbons (Fsp3) is 0.364. The SMILES string of the molecule is [3H]n1ccc(OCc2c(-n3nnn(C)c3=O)ncn2CC)n1. The number of hydrogen-bond donors (Lipinski definition) is 1. The number of aryl methyl sites for hydroxylation is 2. The Morgan fingerprint density at radius 1 is 1.48 bits per heavy atom. The second-order valence-corrected chi connectivity index (χ2v) is 4.26. The quantitative estimate of drug-likeness (QED) is 0.678. The van der Waals surface area contributed by atoms with Gasteiger partial charge in [-0.05, 0) is 17.4 Å². The normalized spacial score (nSPS) is 11.6. The van der Waals surface area contributed by atoms with Crippen LogP contribution in [0.3, 0.4) is 0 Å². The Hall–Kier alpha value is -2.91. The monoisotopic (exact) mass is 292 g/mol. The summed E-state index contributed by atoms with van der Waals surface area (Å²) < 4.78 is 16.9. The van der Waals surface area contributed by atoms with Gasteiger partial charge in [0.1, 0.15) is 12.3 Å². The first kappa shape index (κ1) is 11.9. The Morgan fingerprint density at radius 2 is 2.33 bits per heavy atom. The van der Waals surface area contributed by atoms with Gasteiger partial charge in [0.15, 0.2) is 7.23 Å². The summed E-state index contributed by atoms with van der Waals surface area (Å²) in [5, 5.41) is 12.2. The molecule has 0 fully saturated rings. The van der Waals surface area contributed by atoms with E-state index in [0.29, 0.717) is 23.9 Å². The van der Waals surface area contributed by atoms with Gasteiger partial charge in [-0.3, -0.25) is 5.09 Å². The highest BCUT2D eigenvalue weighted by Gasteiger charge is 2.17. The molecular formula is C11H14N8O2. The maximum Gasteiger partial charge on any atom is 0.369 e. The lowest BCUT2D eigenvalue weighted by Gasteiger charge is -2.07. The second-order valence-electron chi connectivity index (χ2n) is 4.26. The van der Waals surface area contributed by atoms with Crippen molar-refractivity contribution in [3.63, 3.8) is 0 Å². The third-order valence-corrected chi connectivity index (χ3v) is 2.98. The number of ether oxygens (including phenoxy) is 1. The molecule has 3 heterocycles. The van der Waals surface area contributed by atoms with Crippen LogP contribution in [0.15, 0.2) is 23.4 Å². The van der Waals surface area contributed by atoms with Crippen molar-refractivity contribution in [3.8, 4) is 11.7 Å². The zero-order chi connectivity index (χ0) is 15.7. The Bertz CT molecular complexity index is 845. The van der Waals surface area contributed by atoms with E-state index in [1.807, 2.05) is 11.5 Å². The summed E-state index contributed by atoms with van der Waals surface area (Å²) in [6.45, 7) is 2.75. The molecule has 10 heteroatoms. The van der Waals surface area contributed by atoms with Gasteiger partial charge in [-0.25, -0.2) is 9.78 Å². The largest absolute Gasteiger partial charge is 0.470 e. The van der Waals surface area contributed by atoms with Crippen molar-refractivity contribution in [1.29, 1.82) is 0 Å². The fourth-order valence-corrected chi connectivity index (χ4v) is 1.88. The lowest BCUT2D eigenvalue weighted by atomic mass is 10.4. The van der Waals surface area contributed by atoms with Crippen molar-refractivity contribution in [1.82, 2.24) is 39.5 Å². The third-order valence-electron chi connectivity index (χ3n) is 2.98. The summed E-state index contributed by atoms with van der Waals surface area (Å²) >= 11 is 0. The van der Waals surface area contributed by atoms with Crippen molar-refractivity contribution < 1.29 is 6.15 Å². The average Bonchev–Trinajstić information content (AvgIpc) is 3.18. The number of aromatic nitrogens is 8. The second kappa shape index (κ2) is 5.23. The Labute approximate surface area is 120 Å². The molecule has 21 heavy (non-hydrogen) atoms. The van der Waals surface area contributed by atoms with Crippen LogP contribution in [0.4, 0.5) is 0 Å². The molecule has 110 valence electrons. The summed E-state index contributed by atoms with van der Waals surface area (Å²) in [4.78, 5) is 16.2. The minimum absolute atomic E-state index is 0.142. The third kappa shape index (κ3) is 2.30. The molecule has 0 aliphatic heterocycles. The van der Waals surface area contributed by atoms with Crippen LogP contribution in [0.1, 0.15) is 12.6 Å². The van der Waals surface area contributed by atoms with Crippen LogP contribution in [0.5, 0.6) is 5.88 Å². The molecule has 3 rings (SSSR count). The summed E-state index contributed by atoms with van der Waals surface area (Å²) in [5.41, 5.74) is 0.280. The van der Waals surface area contributed by atoms with Gasteiger partial charge in [-0.1, -0.05) is 0 Å².